The van der Waals surface area contributed by atoms with Crippen molar-refractivity contribution in [3.8, 4) is 0 Å². The summed E-state index contributed by atoms with van der Waals surface area (Å²) < 4.78 is 29.4. The van der Waals surface area contributed by atoms with Crippen molar-refractivity contribution in [3.05, 3.63) is 53.0 Å². The third kappa shape index (κ3) is 3.06. The predicted octanol–water partition coefficient (Wildman–Crippen LogP) is 2.23. The first-order chi connectivity index (χ1) is 12.9. The molecule has 0 saturated carbocycles. The highest BCUT2D eigenvalue weighted by molar-refractivity contribution is 7.89. The molecule has 8 nitrogen and oxygen atoms in total. The first-order valence-corrected chi connectivity index (χ1v) is 10.4. The number of imidazole rings is 1. The zero-order valence-electron chi connectivity index (χ0n) is 15.2. The average Bonchev–Trinajstić information content (AvgIpc) is 3.32. The fraction of sp³-hybridized carbons (Fsp3) is 0.389. The maximum Gasteiger partial charge on any atom is 0.262 e. The summed E-state index contributed by atoms with van der Waals surface area (Å²) in [7, 11) is -3.78. The molecular weight excluding hydrogens is 366 g/mol. The number of H-pyrrole nitrogens is 1. The van der Waals surface area contributed by atoms with Gasteiger partial charge in [-0.05, 0) is 38.8 Å². The molecule has 1 aliphatic heterocycles. The van der Waals surface area contributed by atoms with E-state index in [2.05, 4.69) is 15.0 Å². The third-order valence-electron chi connectivity index (χ3n) is 4.90. The van der Waals surface area contributed by atoms with E-state index in [9.17, 15) is 13.2 Å². The molecule has 0 aliphatic carbocycles. The Hall–Kier alpha value is -2.52. The van der Waals surface area contributed by atoms with Crippen molar-refractivity contribution >= 4 is 20.9 Å². The highest BCUT2D eigenvalue weighted by Gasteiger charge is 2.39. The molecule has 3 heterocycles. The second kappa shape index (κ2) is 6.58. The summed E-state index contributed by atoms with van der Waals surface area (Å²) in [5, 5.41) is 0.510. The summed E-state index contributed by atoms with van der Waals surface area (Å²) >= 11 is 0. The number of hydrogen-bond donors (Lipinski definition) is 1. The van der Waals surface area contributed by atoms with Gasteiger partial charge in [-0.1, -0.05) is 12.1 Å². The summed E-state index contributed by atoms with van der Waals surface area (Å²) in [6.07, 6.45) is 4.38. The Balaban J connectivity index is 1.75. The molecule has 4 rings (SSSR count). The average molecular weight is 387 g/mol. The van der Waals surface area contributed by atoms with Crippen LogP contribution in [0.25, 0.3) is 10.9 Å². The van der Waals surface area contributed by atoms with Crippen LogP contribution in [0.3, 0.4) is 0 Å². The topological polar surface area (TPSA) is 101 Å². The highest BCUT2D eigenvalue weighted by atomic mass is 32.2. The number of rotatable bonds is 4. The summed E-state index contributed by atoms with van der Waals surface area (Å²) in [4.78, 5) is 23.8. The van der Waals surface area contributed by atoms with Crippen LogP contribution in [-0.2, 0) is 10.0 Å². The largest absolute Gasteiger partial charge is 0.334 e. The van der Waals surface area contributed by atoms with Gasteiger partial charge in [-0.3, -0.25) is 4.79 Å². The van der Waals surface area contributed by atoms with Crippen molar-refractivity contribution in [1.29, 1.82) is 0 Å². The molecule has 3 aromatic rings. The van der Waals surface area contributed by atoms with Gasteiger partial charge in [0.15, 0.2) is 5.03 Å². The Labute approximate surface area is 156 Å². The standard InChI is InChI=1S/C18H21N5O3S/c1-12(2)22-10-16(19-11-22)27(25,26)23-9-5-8-15(23)17-20-14-7-4-3-6-13(14)18(24)21-17/h3-4,6-7,10-12,15H,5,8-9H2,1-2H3,(H,20,21,24). The van der Waals surface area contributed by atoms with E-state index in [1.165, 1.54) is 10.6 Å². The second-order valence-corrected chi connectivity index (χ2v) is 8.83. The van der Waals surface area contributed by atoms with Crippen molar-refractivity contribution < 1.29 is 8.42 Å². The fourth-order valence-corrected chi connectivity index (χ4v) is 5.00. The third-order valence-corrected chi connectivity index (χ3v) is 6.69. The van der Waals surface area contributed by atoms with Crippen molar-refractivity contribution in [2.75, 3.05) is 6.54 Å². The molecule has 1 unspecified atom stereocenters. The Morgan fingerprint density at radius 2 is 2.04 bits per heavy atom. The minimum absolute atomic E-state index is 0.0197. The molecule has 2 aromatic heterocycles. The molecule has 0 spiro atoms. The summed E-state index contributed by atoms with van der Waals surface area (Å²) in [6, 6.07) is 6.65. The van der Waals surface area contributed by atoms with Crippen LogP contribution in [0.15, 0.2) is 46.6 Å². The normalized spacial score (nSPS) is 18.6. The van der Waals surface area contributed by atoms with Gasteiger partial charge in [-0.15, -0.1) is 0 Å². The lowest BCUT2D eigenvalue weighted by Gasteiger charge is -2.22. The van der Waals surface area contributed by atoms with E-state index < -0.39 is 16.1 Å². The number of fused-ring (bicyclic) bond motifs is 1. The lowest BCUT2D eigenvalue weighted by molar-refractivity contribution is 0.382. The van der Waals surface area contributed by atoms with E-state index in [4.69, 9.17) is 0 Å². The van der Waals surface area contributed by atoms with Crippen LogP contribution in [0.1, 0.15) is 44.6 Å². The molecule has 1 aliphatic rings. The molecule has 1 fully saturated rings. The van der Waals surface area contributed by atoms with Crippen LogP contribution in [0.5, 0.6) is 0 Å². The molecule has 0 radical (unpaired) electrons. The number of para-hydroxylation sites is 1. The number of nitrogens with zero attached hydrogens (tertiary/aromatic N) is 4. The SMILES string of the molecule is CC(C)n1cnc(S(=O)(=O)N2CCCC2c2nc3ccccc3c(=O)[nH]2)c1. The van der Waals surface area contributed by atoms with Gasteiger partial charge >= 0.3 is 0 Å². The van der Waals surface area contributed by atoms with E-state index in [1.807, 2.05) is 13.8 Å². The van der Waals surface area contributed by atoms with Crippen molar-refractivity contribution in [3.63, 3.8) is 0 Å². The minimum Gasteiger partial charge on any atom is -0.334 e. The van der Waals surface area contributed by atoms with E-state index in [0.29, 0.717) is 36.1 Å². The van der Waals surface area contributed by atoms with Crippen LogP contribution in [0.4, 0.5) is 0 Å². The zero-order chi connectivity index (χ0) is 19.2. The van der Waals surface area contributed by atoms with Gasteiger partial charge < -0.3 is 9.55 Å². The number of benzene rings is 1. The maximum atomic E-state index is 13.1. The quantitative estimate of drug-likeness (QED) is 0.740. The van der Waals surface area contributed by atoms with Crippen molar-refractivity contribution in [2.24, 2.45) is 0 Å². The van der Waals surface area contributed by atoms with Crippen LogP contribution in [-0.4, -0.2) is 38.8 Å². The fourth-order valence-electron chi connectivity index (χ4n) is 3.42. The first-order valence-electron chi connectivity index (χ1n) is 8.92. The van der Waals surface area contributed by atoms with E-state index in [0.717, 1.165) is 0 Å². The van der Waals surface area contributed by atoms with Crippen LogP contribution < -0.4 is 5.56 Å². The van der Waals surface area contributed by atoms with Gasteiger partial charge in [0.1, 0.15) is 5.82 Å². The molecule has 1 saturated heterocycles. The van der Waals surface area contributed by atoms with Gasteiger partial charge in [0, 0.05) is 18.8 Å². The molecule has 1 aromatic carbocycles. The summed E-state index contributed by atoms with van der Waals surface area (Å²) in [5.74, 6) is 0.378. The van der Waals surface area contributed by atoms with Crippen LogP contribution >= 0.6 is 0 Å². The van der Waals surface area contributed by atoms with Gasteiger partial charge in [0.25, 0.3) is 15.6 Å². The van der Waals surface area contributed by atoms with Crippen molar-refractivity contribution in [1.82, 2.24) is 23.8 Å². The number of aromatic nitrogens is 4. The number of hydrogen-bond acceptors (Lipinski definition) is 5. The Bertz CT molecular complexity index is 1150. The van der Waals surface area contributed by atoms with Gasteiger partial charge in [0.2, 0.25) is 0 Å². The van der Waals surface area contributed by atoms with Gasteiger partial charge in [-0.25, -0.2) is 18.4 Å². The van der Waals surface area contributed by atoms with Crippen LogP contribution in [0.2, 0.25) is 0 Å². The zero-order valence-corrected chi connectivity index (χ0v) is 16.0. The second-order valence-electron chi connectivity index (χ2n) is 6.99. The Morgan fingerprint density at radius 3 is 2.78 bits per heavy atom. The van der Waals surface area contributed by atoms with E-state index in [1.54, 1.807) is 35.0 Å². The van der Waals surface area contributed by atoms with Crippen LogP contribution in [0, 0.1) is 0 Å². The number of nitrogens with one attached hydrogen (secondary N) is 1. The van der Waals surface area contributed by atoms with Crippen molar-refractivity contribution in [2.45, 2.75) is 43.8 Å². The molecule has 27 heavy (non-hydrogen) atoms. The monoisotopic (exact) mass is 387 g/mol. The molecule has 0 amide bonds. The first kappa shape index (κ1) is 17.9. The smallest absolute Gasteiger partial charge is 0.262 e. The summed E-state index contributed by atoms with van der Waals surface area (Å²) in [5.41, 5.74) is 0.300. The minimum atomic E-state index is -3.78. The highest BCUT2D eigenvalue weighted by Crippen LogP contribution is 2.34. The van der Waals surface area contributed by atoms with E-state index in [-0.39, 0.29) is 16.6 Å². The summed E-state index contributed by atoms with van der Waals surface area (Å²) in [6.45, 7) is 4.29. The Morgan fingerprint density at radius 1 is 1.26 bits per heavy atom. The Kier molecular flexibility index (Phi) is 4.35. The van der Waals surface area contributed by atoms with Gasteiger partial charge in [0.05, 0.1) is 23.3 Å². The maximum absolute atomic E-state index is 13.1. The lowest BCUT2D eigenvalue weighted by atomic mass is 10.2. The number of aromatic amines is 1. The molecule has 142 valence electrons. The van der Waals surface area contributed by atoms with E-state index >= 15 is 0 Å². The van der Waals surface area contributed by atoms with Gasteiger partial charge in [-0.2, -0.15) is 4.31 Å². The molecule has 1 atom stereocenters. The molecule has 0 bridgehead atoms. The predicted molar refractivity (Wildman–Crippen MR) is 101 cm³/mol. The number of sulfonamides is 1. The molecule has 9 heteroatoms. The lowest BCUT2D eigenvalue weighted by Crippen LogP contribution is -2.32. The molecular formula is C18H21N5O3S. The molecule has 1 N–H and O–H groups in total.